The first-order valence-electron chi connectivity index (χ1n) is 5.86. The maximum atomic E-state index is 6.20. The molecule has 3 aromatic rings. The van der Waals surface area contributed by atoms with E-state index in [0.717, 1.165) is 21.1 Å². The average Bonchev–Trinajstić information content (AvgIpc) is 2.42. The van der Waals surface area contributed by atoms with Gasteiger partial charge in [-0.3, -0.25) is 0 Å². The van der Waals surface area contributed by atoms with E-state index in [1.54, 1.807) is 0 Å². The fourth-order valence-corrected chi connectivity index (χ4v) is 2.61. The van der Waals surface area contributed by atoms with Crippen molar-refractivity contribution in [1.29, 1.82) is 0 Å². The molecule has 0 radical (unpaired) electrons. The smallest absolute Gasteiger partial charge is 0.141 e. The minimum absolute atomic E-state index is 0.607. The van der Waals surface area contributed by atoms with Crippen molar-refractivity contribution in [1.82, 2.24) is 9.97 Å². The van der Waals surface area contributed by atoms with E-state index in [4.69, 9.17) is 17.3 Å². The highest BCUT2D eigenvalue weighted by molar-refractivity contribution is 9.10. The molecule has 1 aromatic heterocycles. The number of fused-ring (bicyclic) bond motifs is 1. The Morgan fingerprint density at radius 1 is 1.10 bits per heavy atom. The van der Waals surface area contributed by atoms with Gasteiger partial charge in [0.25, 0.3) is 0 Å². The van der Waals surface area contributed by atoms with E-state index in [-0.39, 0.29) is 0 Å². The van der Waals surface area contributed by atoms with Crippen LogP contribution in [0, 0.1) is 0 Å². The van der Waals surface area contributed by atoms with Gasteiger partial charge in [0.15, 0.2) is 0 Å². The molecule has 0 unspecified atom stereocenters. The third-order valence-corrected chi connectivity index (χ3v) is 3.65. The number of benzene rings is 2. The maximum absolute atomic E-state index is 6.20. The van der Waals surface area contributed by atoms with Crippen LogP contribution in [0.15, 0.2) is 47.2 Å². The monoisotopic (exact) mass is 348 g/mol. The van der Waals surface area contributed by atoms with Crippen LogP contribution in [0.1, 0.15) is 0 Å². The fraction of sp³-hybridized carbons (Fsp3) is 0. The SMILES string of the molecule is Nc1ccc2ncnc(Nc3ccc(Br)cc3Cl)c2c1. The van der Waals surface area contributed by atoms with Gasteiger partial charge in [-0.05, 0) is 36.4 Å². The summed E-state index contributed by atoms with van der Waals surface area (Å²) in [6.07, 6.45) is 1.51. The third-order valence-electron chi connectivity index (χ3n) is 2.84. The first-order valence-corrected chi connectivity index (χ1v) is 7.03. The number of rotatable bonds is 2. The highest BCUT2D eigenvalue weighted by Gasteiger charge is 2.07. The first kappa shape index (κ1) is 13.1. The molecular weight excluding hydrogens is 340 g/mol. The molecular formula is C14H10BrClN4. The predicted octanol–water partition coefficient (Wildman–Crippen LogP) is 4.37. The lowest BCUT2D eigenvalue weighted by molar-refractivity contribution is 1.22. The summed E-state index contributed by atoms with van der Waals surface area (Å²) in [5, 5.41) is 4.67. The molecule has 6 heteroatoms. The van der Waals surface area contributed by atoms with Gasteiger partial charge in [-0.15, -0.1) is 0 Å². The molecule has 0 aliphatic rings. The molecule has 0 saturated heterocycles. The topological polar surface area (TPSA) is 63.8 Å². The lowest BCUT2D eigenvalue weighted by Crippen LogP contribution is -1.97. The molecule has 3 N–H and O–H groups in total. The summed E-state index contributed by atoms with van der Waals surface area (Å²) in [6.45, 7) is 0. The summed E-state index contributed by atoms with van der Waals surface area (Å²) < 4.78 is 0.921. The van der Waals surface area contributed by atoms with Gasteiger partial charge in [0.05, 0.1) is 16.2 Å². The summed E-state index contributed by atoms with van der Waals surface area (Å²) in [6, 6.07) is 11.1. The number of aromatic nitrogens is 2. The van der Waals surface area contributed by atoms with Gasteiger partial charge in [0, 0.05) is 15.5 Å². The van der Waals surface area contributed by atoms with E-state index in [1.807, 2.05) is 36.4 Å². The van der Waals surface area contributed by atoms with Crippen LogP contribution in [0.2, 0.25) is 5.02 Å². The Kier molecular flexibility index (Phi) is 3.46. The Bertz CT molecular complexity index is 791. The summed E-state index contributed by atoms with van der Waals surface area (Å²) in [4.78, 5) is 8.47. The van der Waals surface area contributed by atoms with E-state index in [1.165, 1.54) is 6.33 Å². The quantitative estimate of drug-likeness (QED) is 0.674. The number of nitrogens with one attached hydrogen (secondary N) is 1. The zero-order valence-corrected chi connectivity index (χ0v) is 12.6. The molecule has 0 atom stereocenters. The summed E-state index contributed by atoms with van der Waals surface area (Å²) in [5.41, 5.74) is 8.08. The van der Waals surface area contributed by atoms with Crippen LogP contribution in [0.3, 0.4) is 0 Å². The largest absolute Gasteiger partial charge is 0.399 e. The van der Waals surface area contributed by atoms with E-state index >= 15 is 0 Å². The number of nitrogen functional groups attached to an aromatic ring is 1. The second-order valence-electron chi connectivity index (χ2n) is 4.25. The number of hydrogen-bond donors (Lipinski definition) is 2. The summed E-state index contributed by atoms with van der Waals surface area (Å²) >= 11 is 9.58. The Morgan fingerprint density at radius 3 is 2.75 bits per heavy atom. The van der Waals surface area contributed by atoms with Crippen molar-refractivity contribution in [3.05, 3.63) is 52.2 Å². The molecule has 0 bridgehead atoms. The molecule has 100 valence electrons. The van der Waals surface area contributed by atoms with Crippen molar-refractivity contribution >= 4 is 55.6 Å². The number of halogens is 2. The van der Waals surface area contributed by atoms with E-state index in [0.29, 0.717) is 16.5 Å². The maximum Gasteiger partial charge on any atom is 0.141 e. The minimum Gasteiger partial charge on any atom is -0.399 e. The van der Waals surface area contributed by atoms with Gasteiger partial charge < -0.3 is 11.1 Å². The molecule has 20 heavy (non-hydrogen) atoms. The van der Waals surface area contributed by atoms with Crippen LogP contribution in [0.5, 0.6) is 0 Å². The van der Waals surface area contributed by atoms with Gasteiger partial charge >= 0.3 is 0 Å². The molecule has 0 saturated carbocycles. The van der Waals surface area contributed by atoms with Crippen molar-refractivity contribution < 1.29 is 0 Å². The lowest BCUT2D eigenvalue weighted by atomic mass is 10.2. The van der Waals surface area contributed by atoms with E-state index < -0.39 is 0 Å². The van der Waals surface area contributed by atoms with E-state index in [2.05, 4.69) is 31.2 Å². The Labute approximate surface area is 129 Å². The molecule has 0 spiro atoms. The van der Waals surface area contributed by atoms with Crippen LogP contribution in [0.4, 0.5) is 17.2 Å². The number of hydrogen-bond acceptors (Lipinski definition) is 4. The normalized spacial score (nSPS) is 10.7. The molecule has 3 rings (SSSR count). The molecule has 2 aromatic carbocycles. The van der Waals surface area contributed by atoms with E-state index in [9.17, 15) is 0 Å². The van der Waals surface area contributed by atoms with Crippen molar-refractivity contribution in [3.63, 3.8) is 0 Å². The van der Waals surface area contributed by atoms with Crippen LogP contribution in [-0.2, 0) is 0 Å². The Balaban J connectivity index is 2.08. The van der Waals surface area contributed by atoms with Crippen LogP contribution >= 0.6 is 27.5 Å². The number of nitrogens with zero attached hydrogens (tertiary/aromatic N) is 2. The van der Waals surface area contributed by atoms with Gasteiger partial charge in [0.2, 0.25) is 0 Å². The van der Waals surface area contributed by atoms with Crippen LogP contribution in [-0.4, -0.2) is 9.97 Å². The molecule has 0 amide bonds. The molecule has 0 fully saturated rings. The van der Waals surface area contributed by atoms with Gasteiger partial charge in [-0.2, -0.15) is 0 Å². The molecule has 0 aliphatic heterocycles. The standard InChI is InChI=1S/C14H10BrClN4/c15-8-1-3-13(11(16)5-8)20-14-10-6-9(17)2-4-12(10)18-7-19-14/h1-7H,17H2,(H,18,19,20). The fourth-order valence-electron chi connectivity index (χ4n) is 1.89. The first-order chi connectivity index (χ1) is 9.63. The van der Waals surface area contributed by atoms with Crippen molar-refractivity contribution in [2.24, 2.45) is 0 Å². The van der Waals surface area contributed by atoms with Crippen molar-refractivity contribution in [2.75, 3.05) is 11.1 Å². The zero-order chi connectivity index (χ0) is 14.1. The molecule has 1 heterocycles. The third kappa shape index (κ3) is 2.55. The zero-order valence-electron chi connectivity index (χ0n) is 10.3. The number of anilines is 3. The van der Waals surface area contributed by atoms with Crippen molar-refractivity contribution in [3.8, 4) is 0 Å². The summed E-state index contributed by atoms with van der Waals surface area (Å²) in [5.74, 6) is 0.673. The van der Waals surface area contributed by atoms with Crippen LogP contribution in [0.25, 0.3) is 10.9 Å². The molecule has 0 aliphatic carbocycles. The van der Waals surface area contributed by atoms with Gasteiger partial charge in [0.1, 0.15) is 12.1 Å². The predicted molar refractivity (Wildman–Crippen MR) is 86.4 cm³/mol. The van der Waals surface area contributed by atoms with Crippen molar-refractivity contribution in [2.45, 2.75) is 0 Å². The Hall–Kier alpha value is -1.85. The number of nitrogens with two attached hydrogens (primary N) is 1. The van der Waals surface area contributed by atoms with Gasteiger partial charge in [-0.25, -0.2) is 9.97 Å². The second kappa shape index (κ2) is 5.26. The Morgan fingerprint density at radius 2 is 1.95 bits per heavy atom. The minimum atomic E-state index is 0.607. The van der Waals surface area contributed by atoms with Crippen LogP contribution < -0.4 is 11.1 Å². The highest BCUT2D eigenvalue weighted by Crippen LogP contribution is 2.30. The summed E-state index contributed by atoms with van der Waals surface area (Å²) in [7, 11) is 0. The lowest BCUT2D eigenvalue weighted by Gasteiger charge is -2.10. The van der Waals surface area contributed by atoms with Gasteiger partial charge in [-0.1, -0.05) is 27.5 Å². The molecule has 4 nitrogen and oxygen atoms in total. The second-order valence-corrected chi connectivity index (χ2v) is 5.57. The highest BCUT2D eigenvalue weighted by atomic mass is 79.9. The average molecular weight is 350 g/mol.